The van der Waals surface area contributed by atoms with Crippen LogP contribution < -0.4 is 4.74 Å². The molecule has 0 amide bonds. The molecule has 6 heteroatoms. The predicted octanol–water partition coefficient (Wildman–Crippen LogP) is 3.76. The van der Waals surface area contributed by atoms with E-state index in [1.165, 1.54) is 0 Å². The van der Waals surface area contributed by atoms with Crippen molar-refractivity contribution in [1.82, 2.24) is 0 Å². The second-order valence-electron chi connectivity index (χ2n) is 2.22. The molecule has 0 unspecified atom stereocenters. The minimum Gasteiger partial charge on any atom is -0.484 e. The molecule has 0 aromatic heterocycles. The molecule has 0 aliphatic rings. The van der Waals surface area contributed by atoms with Crippen LogP contribution in [0.25, 0.3) is 0 Å². The number of carbonyl (C=O) groups is 1. The van der Waals surface area contributed by atoms with E-state index in [1.54, 1.807) is 12.1 Å². The van der Waals surface area contributed by atoms with Crippen molar-refractivity contribution in [3.8, 4) is 5.75 Å². The third-order valence-electron chi connectivity index (χ3n) is 1.40. The molecular formula is C8H6Cl2O2S2. The van der Waals surface area contributed by atoms with Crippen LogP contribution in [0.4, 0.5) is 0 Å². The van der Waals surface area contributed by atoms with Gasteiger partial charge in [-0.15, -0.1) is 0 Å². The van der Waals surface area contributed by atoms with Crippen LogP contribution in [0.2, 0.25) is 0 Å². The molecular weight excluding hydrogens is 263 g/mol. The summed E-state index contributed by atoms with van der Waals surface area (Å²) in [6, 6.07) is 5.42. The number of carbonyl (C=O) groups excluding carboxylic acids is 1. The van der Waals surface area contributed by atoms with Gasteiger partial charge in [-0.1, -0.05) is 6.07 Å². The minimum atomic E-state index is -0.00108. The van der Waals surface area contributed by atoms with Crippen LogP contribution in [0, 0.1) is 0 Å². The van der Waals surface area contributed by atoms with E-state index in [0.29, 0.717) is 12.0 Å². The van der Waals surface area contributed by atoms with Gasteiger partial charge in [-0.05, 0) is 55.4 Å². The standard InChI is InChI=1S/C8H6Cl2O2S2/c9-13-6-2-1-3-7(14-10)8(6)12-5-4-11/h1-4H,5H2. The van der Waals surface area contributed by atoms with Crippen LogP contribution >= 0.6 is 43.3 Å². The van der Waals surface area contributed by atoms with E-state index in [4.69, 9.17) is 26.1 Å². The zero-order valence-corrected chi connectivity index (χ0v) is 10.1. The van der Waals surface area contributed by atoms with Gasteiger partial charge in [0, 0.05) is 0 Å². The number of hydrogen-bond acceptors (Lipinski definition) is 4. The first kappa shape index (κ1) is 12.0. The third kappa shape index (κ3) is 2.98. The van der Waals surface area contributed by atoms with Gasteiger partial charge in [0.25, 0.3) is 0 Å². The quantitative estimate of drug-likeness (QED) is 0.760. The highest BCUT2D eigenvalue weighted by molar-refractivity contribution is 8.21. The number of ether oxygens (including phenoxy) is 1. The lowest BCUT2D eigenvalue weighted by atomic mass is 10.3. The Morgan fingerprint density at radius 3 is 2.29 bits per heavy atom. The Morgan fingerprint density at radius 1 is 1.29 bits per heavy atom. The maximum Gasteiger partial charge on any atom is 0.157 e. The highest BCUT2D eigenvalue weighted by Crippen LogP contribution is 2.40. The minimum absolute atomic E-state index is 0.00108. The Kier molecular flexibility index (Phi) is 5.55. The molecule has 2 nitrogen and oxygen atoms in total. The van der Waals surface area contributed by atoms with Gasteiger partial charge in [-0.25, -0.2) is 0 Å². The molecule has 0 saturated heterocycles. The Morgan fingerprint density at radius 2 is 1.86 bits per heavy atom. The zero-order chi connectivity index (χ0) is 10.4. The van der Waals surface area contributed by atoms with E-state index in [-0.39, 0.29) is 6.61 Å². The molecule has 1 aromatic rings. The van der Waals surface area contributed by atoms with Gasteiger partial charge in [0.05, 0.1) is 9.79 Å². The Labute approximate surface area is 99.3 Å². The Bertz CT molecular complexity index is 298. The molecule has 76 valence electrons. The first-order chi connectivity index (χ1) is 6.83. The maximum atomic E-state index is 10.2. The van der Waals surface area contributed by atoms with E-state index in [1.807, 2.05) is 6.07 Å². The number of para-hydroxylation sites is 1. The molecule has 0 fully saturated rings. The monoisotopic (exact) mass is 268 g/mol. The van der Waals surface area contributed by atoms with Crippen molar-refractivity contribution in [2.24, 2.45) is 0 Å². The zero-order valence-electron chi connectivity index (χ0n) is 6.91. The van der Waals surface area contributed by atoms with E-state index in [0.717, 1.165) is 31.7 Å². The van der Waals surface area contributed by atoms with E-state index in [2.05, 4.69) is 0 Å². The molecule has 0 aliphatic carbocycles. The van der Waals surface area contributed by atoms with Gasteiger partial charge in [-0.2, -0.15) is 0 Å². The van der Waals surface area contributed by atoms with Crippen LogP contribution in [-0.4, -0.2) is 12.9 Å². The van der Waals surface area contributed by atoms with E-state index < -0.39 is 0 Å². The first-order valence-corrected chi connectivity index (χ1v) is 6.88. The number of hydrogen-bond donors (Lipinski definition) is 0. The normalized spacial score (nSPS) is 9.86. The highest BCUT2D eigenvalue weighted by Gasteiger charge is 2.09. The summed E-state index contributed by atoms with van der Waals surface area (Å²) < 4.78 is 5.22. The molecule has 0 bridgehead atoms. The second-order valence-corrected chi connectivity index (χ2v) is 4.33. The predicted molar refractivity (Wildman–Crippen MR) is 61.4 cm³/mol. The molecule has 1 rings (SSSR count). The summed E-state index contributed by atoms with van der Waals surface area (Å²) in [6.07, 6.45) is 0.679. The summed E-state index contributed by atoms with van der Waals surface area (Å²) in [4.78, 5) is 11.7. The van der Waals surface area contributed by atoms with Crippen LogP contribution in [0.1, 0.15) is 0 Å². The van der Waals surface area contributed by atoms with Crippen molar-refractivity contribution in [3.05, 3.63) is 18.2 Å². The van der Waals surface area contributed by atoms with Gasteiger partial charge in [0.15, 0.2) is 6.29 Å². The van der Waals surface area contributed by atoms with Crippen molar-refractivity contribution >= 4 is 49.6 Å². The first-order valence-electron chi connectivity index (χ1n) is 3.60. The number of halogens is 2. The van der Waals surface area contributed by atoms with Gasteiger partial charge < -0.3 is 4.74 Å². The fourth-order valence-electron chi connectivity index (χ4n) is 0.877. The van der Waals surface area contributed by atoms with Crippen LogP contribution in [0.15, 0.2) is 28.0 Å². The molecule has 0 atom stereocenters. The molecule has 0 heterocycles. The summed E-state index contributed by atoms with van der Waals surface area (Å²) in [5.74, 6) is 0.555. The lowest BCUT2D eigenvalue weighted by molar-refractivity contribution is -0.109. The molecule has 1 aromatic carbocycles. The van der Waals surface area contributed by atoms with E-state index in [9.17, 15) is 4.79 Å². The second kappa shape index (κ2) is 6.45. The van der Waals surface area contributed by atoms with Crippen LogP contribution in [0.5, 0.6) is 5.75 Å². The summed E-state index contributed by atoms with van der Waals surface area (Å²) in [5, 5.41) is 0. The largest absolute Gasteiger partial charge is 0.484 e. The molecule has 0 N–H and O–H groups in total. The molecule has 0 radical (unpaired) electrons. The average molecular weight is 269 g/mol. The summed E-state index contributed by atoms with van der Waals surface area (Å²) in [6.45, 7) is -0.00108. The van der Waals surface area contributed by atoms with Crippen molar-refractivity contribution in [1.29, 1.82) is 0 Å². The van der Waals surface area contributed by atoms with Gasteiger partial charge in [0.2, 0.25) is 0 Å². The molecule has 14 heavy (non-hydrogen) atoms. The average Bonchev–Trinajstić information content (AvgIpc) is 2.25. The van der Waals surface area contributed by atoms with Gasteiger partial charge in [-0.3, -0.25) is 4.79 Å². The fourth-order valence-corrected chi connectivity index (χ4v) is 2.41. The van der Waals surface area contributed by atoms with Crippen molar-refractivity contribution < 1.29 is 9.53 Å². The number of rotatable bonds is 5. The van der Waals surface area contributed by atoms with Crippen molar-refractivity contribution in [3.63, 3.8) is 0 Å². The summed E-state index contributed by atoms with van der Waals surface area (Å²) in [7, 11) is 13.3. The highest BCUT2D eigenvalue weighted by atomic mass is 35.7. The van der Waals surface area contributed by atoms with Crippen molar-refractivity contribution in [2.75, 3.05) is 6.61 Å². The number of benzene rings is 1. The third-order valence-corrected chi connectivity index (χ3v) is 3.38. The SMILES string of the molecule is O=CCOc1c(SCl)cccc1SCl. The van der Waals surface area contributed by atoms with Crippen LogP contribution in [-0.2, 0) is 4.79 Å². The Balaban J connectivity index is 2.99. The maximum absolute atomic E-state index is 10.2. The number of aldehydes is 1. The van der Waals surface area contributed by atoms with E-state index >= 15 is 0 Å². The topological polar surface area (TPSA) is 26.3 Å². The lowest BCUT2D eigenvalue weighted by Crippen LogP contribution is -1.99. The molecule has 0 aliphatic heterocycles. The Hall–Kier alpha value is -0.0300. The van der Waals surface area contributed by atoms with Crippen LogP contribution in [0.3, 0.4) is 0 Å². The molecule has 0 saturated carbocycles. The van der Waals surface area contributed by atoms with Gasteiger partial charge in [0.1, 0.15) is 12.4 Å². The summed E-state index contributed by atoms with van der Waals surface area (Å²) >= 11 is 0. The summed E-state index contributed by atoms with van der Waals surface area (Å²) in [5.41, 5.74) is 0. The lowest BCUT2D eigenvalue weighted by Gasteiger charge is -2.09. The molecule has 0 spiro atoms. The fraction of sp³-hybridized carbons (Fsp3) is 0.125. The smallest absolute Gasteiger partial charge is 0.157 e. The van der Waals surface area contributed by atoms with Gasteiger partial charge >= 0.3 is 0 Å². The van der Waals surface area contributed by atoms with Crippen molar-refractivity contribution in [2.45, 2.75) is 9.79 Å².